The van der Waals surface area contributed by atoms with Crippen molar-refractivity contribution in [3.8, 4) is 5.75 Å². The molecule has 0 amide bonds. The number of hydrogen-bond acceptors (Lipinski definition) is 3. The van der Waals surface area contributed by atoms with E-state index >= 15 is 0 Å². The second-order valence-corrected chi connectivity index (χ2v) is 3.47. The van der Waals surface area contributed by atoms with Gasteiger partial charge < -0.3 is 9.57 Å². The molecular formula is C10H14ClNO2. The highest BCUT2D eigenvalue weighted by molar-refractivity contribution is 6.32. The third-order valence-electron chi connectivity index (χ3n) is 1.96. The van der Waals surface area contributed by atoms with Gasteiger partial charge in [-0.25, -0.2) is 5.90 Å². The van der Waals surface area contributed by atoms with Crippen LogP contribution in [0.15, 0.2) is 12.1 Å². The van der Waals surface area contributed by atoms with Gasteiger partial charge in [0, 0.05) is 6.42 Å². The van der Waals surface area contributed by atoms with Crippen molar-refractivity contribution in [3.63, 3.8) is 0 Å². The highest BCUT2D eigenvalue weighted by Gasteiger charge is 2.08. The number of rotatable bonds is 4. The molecule has 1 rings (SSSR count). The summed E-state index contributed by atoms with van der Waals surface area (Å²) in [7, 11) is 1.60. The second kappa shape index (κ2) is 5.20. The first-order chi connectivity index (χ1) is 6.69. The molecule has 1 aromatic carbocycles. The van der Waals surface area contributed by atoms with Crippen LogP contribution >= 0.6 is 11.6 Å². The van der Waals surface area contributed by atoms with Crippen molar-refractivity contribution in [3.05, 3.63) is 28.3 Å². The van der Waals surface area contributed by atoms with Crippen molar-refractivity contribution in [2.24, 2.45) is 5.90 Å². The Bertz CT molecular complexity index is 315. The average molecular weight is 216 g/mol. The van der Waals surface area contributed by atoms with Gasteiger partial charge in [-0.3, -0.25) is 0 Å². The minimum atomic E-state index is 0.455. The van der Waals surface area contributed by atoms with E-state index in [0.29, 0.717) is 23.8 Å². The lowest BCUT2D eigenvalue weighted by molar-refractivity contribution is 0.140. The van der Waals surface area contributed by atoms with Gasteiger partial charge in [0.25, 0.3) is 0 Å². The molecule has 4 heteroatoms. The van der Waals surface area contributed by atoms with Gasteiger partial charge in [-0.2, -0.15) is 0 Å². The van der Waals surface area contributed by atoms with Crippen molar-refractivity contribution in [1.82, 2.24) is 0 Å². The predicted molar refractivity (Wildman–Crippen MR) is 56.6 cm³/mol. The second-order valence-electron chi connectivity index (χ2n) is 3.06. The number of hydrogen-bond donors (Lipinski definition) is 1. The fraction of sp³-hybridized carbons (Fsp3) is 0.400. The van der Waals surface area contributed by atoms with Crippen molar-refractivity contribution >= 4 is 11.6 Å². The zero-order chi connectivity index (χ0) is 10.6. The molecule has 0 spiro atoms. The monoisotopic (exact) mass is 215 g/mol. The van der Waals surface area contributed by atoms with E-state index in [1.807, 2.05) is 19.1 Å². The van der Waals surface area contributed by atoms with Gasteiger partial charge in [-0.15, -0.1) is 0 Å². The van der Waals surface area contributed by atoms with Crippen LogP contribution < -0.4 is 10.6 Å². The molecule has 2 N–H and O–H groups in total. The van der Waals surface area contributed by atoms with Crippen LogP contribution in [0.4, 0.5) is 0 Å². The Morgan fingerprint density at radius 3 is 2.71 bits per heavy atom. The molecule has 0 fully saturated rings. The topological polar surface area (TPSA) is 44.5 Å². The van der Waals surface area contributed by atoms with Crippen LogP contribution in [0.1, 0.15) is 11.1 Å². The summed E-state index contributed by atoms with van der Waals surface area (Å²) in [5, 5.41) is 0.625. The van der Waals surface area contributed by atoms with Gasteiger partial charge in [0.2, 0.25) is 0 Å². The maximum atomic E-state index is 6.02. The highest BCUT2D eigenvalue weighted by atomic mass is 35.5. The molecule has 0 unspecified atom stereocenters. The number of nitrogens with two attached hydrogens (primary N) is 1. The van der Waals surface area contributed by atoms with Crippen molar-refractivity contribution in [1.29, 1.82) is 0 Å². The minimum Gasteiger partial charge on any atom is -0.495 e. The molecule has 1 aromatic rings. The third-order valence-corrected chi connectivity index (χ3v) is 2.24. The van der Waals surface area contributed by atoms with Crippen LogP contribution in [0.5, 0.6) is 5.75 Å². The van der Waals surface area contributed by atoms with Crippen molar-refractivity contribution in [2.75, 3.05) is 13.7 Å². The molecule has 0 bridgehead atoms. The Kier molecular flexibility index (Phi) is 4.20. The summed E-state index contributed by atoms with van der Waals surface area (Å²) in [5.74, 6) is 5.67. The van der Waals surface area contributed by atoms with Crippen LogP contribution in [0, 0.1) is 6.92 Å². The lowest BCUT2D eigenvalue weighted by Crippen LogP contribution is -2.05. The standard InChI is InChI=1S/C10H14ClNO2/c1-7-5-8(3-4-14-12)10(13-2)9(11)6-7/h5-6H,3-4,12H2,1-2H3. The van der Waals surface area contributed by atoms with Gasteiger partial charge in [0.05, 0.1) is 18.7 Å². The Labute approximate surface area is 88.7 Å². The van der Waals surface area contributed by atoms with Crippen LogP contribution in [0.2, 0.25) is 5.02 Å². The van der Waals surface area contributed by atoms with Crippen LogP contribution in [0.3, 0.4) is 0 Å². The summed E-state index contributed by atoms with van der Waals surface area (Å²) < 4.78 is 5.20. The summed E-state index contributed by atoms with van der Waals surface area (Å²) in [5.41, 5.74) is 2.12. The number of benzene rings is 1. The zero-order valence-electron chi connectivity index (χ0n) is 8.34. The first-order valence-corrected chi connectivity index (χ1v) is 4.71. The highest BCUT2D eigenvalue weighted by Crippen LogP contribution is 2.30. The van der Waals surface area contributed by atoms with Crippen molar-refractivity contribution in [2.45, 2.75) is 13.3 Å². The van der Waals surface area contributed by atoms with Crippen LogP contribution in [-0.4, -0.2) is 13.7 Å². The molecule has 78 valence electrons. The first-order valence-electron chi connectivity index (χ1n) is 4.33. The molecule has 0 aromatic heterocycles. The smallest absolute Gasteiger partial charge is 0.140 e. The van der Waals surface area contributed by atoms with E-state index in [1.54, 1.807) is 7.11 Å². The zero-order valence-corrected chi connectivity index (χ0v) is 9.10. The van der Waals surface area contributed by atoms with E-state index in [4.69, 9.17) is 22.2 Å². The van der Waals surface area contributed by atoms with Crippen LogP contribution in [0.25, 0.3) is 0 Å². The molecule has 14 heavy (non-hydrogen) atoms. The summed E-state index contributed by atoms with van der Waals surface area (Å²) in [4.78, 5) is 4.53. The van der Waals surface area contributed by atoms with Crippen molar-refractivity contribution < 1.29 is 9.57 Å². The molecule has 0 atom stereocenters. The largest absolute Gasteiger partial charge is 0.495 e. The molecule has 0 saturated heterocycles. The maximum absolute atomic E-state index is 6.02. The van der Waals surface area contributed by atoms with E-state index < -0.39 is 0 Å². The van der Waals surface area contributed by atoms with Gasteiger partial charge in [-0.05, 0) is 24.1 Å². The molecule has 3 nitrogen and oxygen atoms in total. The molecule has 0 saturated carbocycles. The third kappa shape index (κ3) is 2.61. The fourth-order valence-electron chi connectivity index (χ4n) is 1.38. The van der Waals surface area contributed by atoms with Gasteiger partial charge in [0.1, 0.15) is 5.75 Å². The molecule has 0 heterocycles. The van der Waals surface area contributed by atoms with E-state index in [0.717, 1.165) is 11.1 Å². The molecule has 0 radical (unpaired) electrons. The average Bonchev–Trinajstić information content (AvgIpc) is 2.14. The number of halogens is 1. The minimum absolute atomic E-state index is 0.455. The van der Waals surface area contributed by atoms with E-state index in [2.05, 4.69) is 4.84 Å². The molecule has 0 aliphatic carbocycles. The first kappa shape index (κ1) is 11.3. The van der Waals surface area contributed by atoms with Gasteiger partial charge >= 0.3 is 0 Å². The Balaban J connectivity index is 2.99. The lowest BCUT2D eigenvalue weighted by atomic mass is 10.1. The normalized spacial score (nSPS) is 10.3. The predicted octanol–water partition coefficient (Wildman–Crippen LogP) is 2.09. The summed E-state index contributed by atoms with van der Waals surface area (Å²) in [6.07, 6.45) is 0.696. The van der Waals surface area contributed by atoms with Gasteiger partial charge in [-0.1, -0.05) is 17.7 Å². The fourth-order valence-corrected chi connectivity index (χ4v) is 1.75. The van der Waals surface area contributed by atoms with Crippen LogP contribution in [-0.2, 0) is 11.3 Å². The number of ether oxygens (including phenoxy) is 1. The number of methoxy groups -OCH3 is 1. The summed E-state index contributed by atoms with van der Waals surface area (Å²) in [6.45, 7) is 2.44. The number of aryl methyl sites for hydroxylation is 1. The Morgan fingerprint density at radius 2 is 2.14 bits per heavy atom. The van der Waals surface area contributed by atoms with E-state index in [9.17, 15) is 0 Å². The lowest BCUT2D eigenvalue weighted by Gasteiger charge is -2.10. The summed E-state index contributed by atoms with van der Waals surface area (Å²) in [6, 6.07) is 3.89. The summed E-state index contributed by atoms with van der Waals surface area (Å²) >= 11 is 6.02. The molecular weight excluding hydrogens is 202 g/mol. The molecule has 0 aliphatic rings. The Morgan fingerprint density at radius 1 is 1.43 bits per heavy atom. The Hall–Kier alpha value is -0.770. The maximum Gasteiger partial charge on any atom is 0.140 e. The van der Waals surface area contributed by atoms with E-state index in [-0.39, 0.29) is 0 Å². The quantitative estimate of drug-likeness (QED) is 0.783. The van der Waals surface area contributed by atoms with E-state index in [1.165, 1.54) is 0 Å². The van der Waals surface area contributed by atoms with Gasteiger partial charge in [0.15, 0.2) is 0 Å². The SMILES string of the molecule is COc1c(Cl)cc(C)cc1CCON. The molecule has 0 aliphatic heterocycles.